The highest BCUT2D eigenvalue weighted by Crippen LogP contribution is 2.19. The molecule has 0 aliphatic heterocycles. The number of methoxy groups -OCH3 is 2. The summed E-state index contributed by atoms with van der Waals surface area (Å²) in [4.78, 5) is 15.4. The molecule has 0 radical (unpaired) electrons. The molecule has 1 aromatic heterocycles. The molecule has 0 saturated heterocycles. The van der Waals surface area contributed by atoms with Crippen molar-refractivity contribution in [2.75, 3.05) is 14.2 Å². The van der Waals surface area contributed by atoms with Gasteiger partial charge in [-0.05, 0) is 19.9 Å². The molecule has 1 rings (SSSR count). The Balaban J connectivity index is 3.21. The van der Waals surface area contributed by atoms with E-state index in [0.29, 0.717) is 11.4 Å². The molecule has 0 N–H and O–H groups in total. The Morgan fingerprint density at radius 3 is 2.56 bits per heavy atom. The lowest BCUT2D eigenvalue weighted by Gasteiger charge is -2.06. The van der Waals surface area contributed by atoms with Crippen LogP contribution in [-0.2, 0) is 4.74 Å². The molecule has 4 heteroatoms. The topological polar surface area (TPSA) is 48.4 Å². The predicted molar refractivity (Wildman–Crippen MR) is 61.5 cm³/mol. The van der Waals surface area contributed by atoms with Crippen LogP contribution >= 0.6 is 0 Å². The fourth-order valence-electron chi connectivity index (χ4n) is 1.28. The van der Waals surface area contributed by atoms with Crippen LogP contribution in [0.1, 0.15) is 29.8 Å². The maximum absolute atomic E-state index is 11.3. The molecule has 16 heavy (non-hydrogen) atoms. The minimum atomic E-state index is -0.404. The summed E-state index contributed by atoms with van der Waals surface area (Å²) in [7, 11) is 2.88. The zero-order valence-electron chi connectivity index (χ0n) is 9.90. The lowest BCUT2D eigenvalue weighted by molar-refractivity contribution is 0.0600. The molecule has 0 aliphatic rings. The molecule has 0 spiro atoms. The third-order valence-corrected chi connectivity index (χ3v) is 1.94. The molecule has 0 fully saturated rings. The van der Waals surface area contributed by atoms with Gasteiger partial charge in [-0.3, -0.25) is 0 Å². The van der Waals surface area contributed by atoms with Crippen molar-refractivity contribution in [2.24, 2.45) is 0 Å². The molecule has 86 valence electrons. The predicted octanol–water partition coefficient (Wildman–Crippen LogP) is 2.30. The lowest BCUT2D eigenvalue weighted by Crippen LogP contribution is -2.03. The standard InChI is InChI=1S/C12H15NO3/c1-8(2)5-9-6-10(12(14)16-4)7-13-11(9)15-3/h5-7H,1-4H3. The van der Waals surface area contributed by atoms with E-state index in [1.807, 2.05) is 19.9 Å². The van der Waals surface area contributed by atoms with Crippen LogP contribution in [0, 0.1) is 0 Å². The van der Waals surface area contributed by atoms with Crippen molar-refractivity contribution in [3.8, 4) is 5.88 Å². The molecule has 0 aliphatic carbocycles. The van der Waals surface area contributed by atoms with Crippen molar-refractivity contribution in [2.45, 2.75) is 13.8 Å². The number of ether oxygens (including phenoxy) is 2. The van der Waals surface area contributed by atoms with Crippen LogP contribution in [0.5, 0.6) is 5.88 Å². The number of allylic oxidation sites excluding steroid dienone is 1. The Labute approximate surface area is 94.9 Å². The fraction of sp³-hybridized carbons (Fsp3) is 0.333. The first kappa shape index (κ1) is 12.2. The molecule has 0 unspecified atom stereocenters. The monoisotopic (exact) mass is 221 g/mol. The van der Waals surface area contributed by atoms with Crippen LogP contribution < -0.4 is 4.74 Å². The van der Waals surface area contributed by atoms with E-state index in [-0.39, 0.29) is 0 Å². The van der Waals surface area contributed by atoms with Crippen LogP contribution in [0.15, 0.2) is 17.8 Å². The van der Waals surface area contributed by atoms with E-state index in [1.165, 1.54) is 13.3 Å². The van der Waals surface area contributed by atoms with Crippen molar-refractivity contribution >= 4 is 12.0 Å². The SMILES string of the molecule is COC(=O)c1cnc(OC)c(C=C(C)C)c1. The van der Waals surface area contributed by atoms with Gasteiger partial charge < -0.3 is 9.47 Å². The van der Waals surface area contributed by atoms with E-state index in [9.17, 15) is 4.79 Å². The molecule has 1 aromatic rings. The largest absolute Gasteiger partial charge is 0.481 e. The number of pyridine rings is 1. The van der Waals surface area contributed by atoms with E-state index < -0.39 is 5.97 Å². The number of hydrogen-bond donors (Lipinski definition) is 0. The molecule has 0 aromatic carbocycles. The first-order valence-electron chi connectivity index (χ1n) is 4.85. The van der Waals surface area contributed by atoms with Crippen LogP contribution in [0.3, 0.4) is 0 Å². The van der Waals surface area contributed by atoms with Crippen LogP contribution in [0.4, 0.5) is 0 Å². The van der Waals surface area contributed by atoms with Crippen molar-refractivity contribution < 1.29 is 14.3 Å². The van der Waals surface area contributed by atoms with Gasteiger partial charge in [-0.15, -0.1) is 0 Å². The van der Waals surface area contributed by atoms with Gasteiger partial charge in [-0.2, -0.15) is 0 Å². The fourth-order valence-corrected chi connectivity index (χ4v) is 1.28. The maximum atomic E-state index is 11.3. The summed E-state index contributed by atoms with van der Waals surface area (Å²) in [6.07, 6.45) is 3.34. The number of aromatic nitrogens is 1. The summed E-state index contributed by atoms with van der Waals surface area (Å²) >= 11 is 0. The molecule has 0 saturated carbocycles. The minimum absolute atomic E-state index is 0.404. The first-order valence-corrected chi connectivity index (χ1v) is 4.85. The van der Waals surface area contributed by atoms with Gasteiger partial charge in [0.15, 0.2) is 0 Å². The van der Waals surface area contributed by atoms with Gasteiger partial charge >= 0.3 is 5.97 Å². The summed E-state index contributed by atoms with van der Waals surface area (Å²) in [6.45, 7) is 3.93. The summed E-state index contributed by atoms with van der Waals surface area (Å²) in [6, 6.07) is 1.70. The Kier molecular flexibility index (Phi) is 4.05. The van der Waals surface area contributed by atoms with Crippen LogP contribution in [0.25, 0.3) is 6.08 Å². The Hall–Kier alpha value is -1.84. The highest BCUT2D eigenvalue weighted by Gasteiger charge is 2.10. The zero-order valence-corrected chi connectivity index (χ0v) is 9.90. The third-order valence-electron chi connectivity index (χ3n) is 1.94. The lowest BCUT2D eigenvalue weighted by atomic mass is 10.1. The molecule has 0 atom stereocenters. The summed E-state index contributed by atoms with van der Waals surface area (Å²) in [5.74, 6) is 0.0902. The number of rotatable bonds is 3. The van der Waals surface area contributed by atoms with Crippen molar-refractivity contribution in [3.63, 3.8) is 0 Å². The number of carbonyl (C=O) groups is 1. The van der Waals surface area contributed by atoms with Gasteiger partial charge in [0.1, 0.15) is 0 Å². The van der Waals surface area contributed by atoms with Crippen molar-refractivity contribution in [1.29, 1.82) is 0 Å². The van der Waals surface area contributed by atoms with E-state index >= 15 is 0 Å². The third kappa shape index (κ3) is 2.82. The van der Waals surface area contributed by atoms with Gasteiger partial charge in [0, 0.05) is 11.8 Å². The molecular weight excluding hydrogens is 206 g/mol. The molecule has 0 amide bonds. The minimum Gasteiger partial charge on any atom is -0.481 e. The summed E-state index contributed by atoms with van der Waals surface area (Å²) < 4.78 is 9.74. The number of esters is 1. The van der Waals surface area contributed by atoms with Crippen molar-refractivity contribution in [3.05, 3.63) is 29.0 Å². The van der Waals surface area contributed by atoms with Gasteiger partial charge in [-0.25, -0.2) is 9.78 Å². The summed E-state index contributed by atoms with van der Waals surface area (Å²) in [5, 5.41) is 0. The van der Waals surface area contributed by atoms with E-state index in [1.54, 1.807) is 13.2 Å². The Morgan fingerprint density at radius 2 is 2.06 bits per heavy atom. The molecular formula is C12H15NO3. The second-order valence-corrected chi connectivity index (χ2v) is 3.54. The van der Waals surface area contributed by atoms with Gasteiger partial charge in [0.25, 0.3) is 0 Å². The molecule has 1 heterocycles. The average Bonchev–Trinajstić information content (AvgIpc) is 2.27. The number of carbonyl (C=O) groups excluding carboxylic acids is 1. The highest BCUT2D eigenvalue weighted by molar-refractivity contribution is 5.89. The second-order valence-electron chi connectivity index (χ2n) is 3.54. The molecule has 0 bridgehead atoms. The molecule has 4 nitrogen and oxygen atoms in total. The quantitative estimate of drug-likeness (QED) is 0.735. The smallest absolute Gasteiger partial charge is 0.339 e. The summed E-state index contributed by atoms with van der Waals surface area (Å²) in [5.41, 5.74) is 2.28. The Bertz CT molecular complexity index is 420. The first-order chi connectivity index (χ1) is 7.58. The van der Waals surface area contributed by atoms with E-state index in [2.05, 4.69) is 9.72 Å². The van der Waals surface area contributed by atoms with E-state index in [4.69, 9.17) is 4.74 Å². The van der Waals surface area contributed by atoms with Crippen LogP contribution in [-0.4, -0.2) is 25.2 Å². The van der Waals surface area contributed by atoms with Crippen molar-refractivity contribution in [1.82, 2.24) is 4.98 Å². The van der Waals surface area contributed by atoms with E-state index in [0.717, 1.165) is 11.1 Å². The normalized spacial score (nSPS) is 9.50. The van der Waals surface area contributed by atoms with Gasteiger partial charge in [0.05, 0.1) is 19.8 Å². The Morgan fingerprint density at radius 1 is 1.38 bits per heavy atom. The van der Waals surface area contributed by atoms with Crippen LogP contribution in [0.2, 0.25) is 0 Å². The van der Waals surface area contributed by atoms with Gasteiger partial charge in [-0.1, -0.05) is 11.6 Å². The zero-order chi connectivity index (χ0) is 12.1. The second kappa shape index (κ2) is 5.30. The number of hydrogen-bond acceptors (Lipinski definition) is 4. The average molecular weight is 221 g/mol. The van der Waals surface area contributed by atoms with Gasteiger partial charge in [0.2, 0.25) is 5.88 Å². The number of nitrogens with zero attached hydrogens (tertiary/aromatic N) is 1. The maximum Gasteiger partial charge on any atom is 0.339 e. The highest BCUT2D eigenvalue weighted by atomic mass is 16.5.